The summed E-state index contributed by atoms with van der Waals surface area (Å²) < 4.78 is 4.92. The van der Waals surface area contributed by atoms with E-state index < -0.39 is 0 Å². The quantitative estimate of drug-likeness (QED) is 0.450. The zero-order valence-corrected chi connectivity index (χ0v) is 18.1. The van der Waals surface area contributed by atoms with Crippen molar-refractivity contribution in [2.75, 3.05) is 38.7 Å². The van der Waals surface area contributed by atoms with Crippen molar-refractivity contribution in [3.63, 3.8) is 0 Å². The lowest BCUT2D eigenvalue weighted by molar-refractivity contribution is -0.135. The molecular weight excluding hydrogens is 404 g/mol. The molecule has 0 radical (unpaired) electrons. The second-order valence-corrected chi connectivity index (χ2v) is 7.35. The first-order chi connectivity index (χ1) is 14.6. The molecule has 0 spiro atoms. The fraction of sp³-hybridized carbons (Fsp3) is 0.429. The average Bonchev–Trinajstić information content (AvgIpc) is 3.16. The van der Waals surface area contributed by atoms with Crippen molar-refractivity contribution in [1.82, 2.24) is 24.8 Å². The largest absolute Gasteiger partial charge is 0.375 e. The molecule has 3 aromatic heterocycles. The van der Waals surface area contributed by atoms with Crippen LogP contribution >= 0.6 is 11.6 Å². The van der Waals surface area contributed by atoms with Crippen LogP contribution in [0.4, 0.5) is 5.82 Å². The average molecular weight is 431 g/mol. The number of ether oxygens (including phenoxy) is 1. The number of fused-ring (bicyclic) bond motifs is 1. The minimum Gasteiger partial charge on any atom is -0.375 e. The minimum absolute atomic E-state index is 0.0420. The van der Waals surface area contributed by atoms with E-state index in [0.29, 0.717) is 17.4 Å². The Hall–Kier alpha value is -2.71. The highest BCUT2D eigenvalue weighted by Gasteiger charge is 2.11. The molecule has 0 aromatic carbocycles. The summed E-state index contributed by atoms with van der Waals surface area (Å²) in [5.74, 6) is 1.43. The molecular formula is C21H27ClN6O2. The molecule has 9 heteroatoms. The second-order valence-electron chi connectivity index (χ2n) is 6.91. The van der Waals surface area contributed by atoms with E-state index in [1.54, 1.807) is 19.5 Å². The van der Waals surface area contributed by atoms with Crippen LogP contribution in [0.2, 0.25) is 5.02 Å². The highest BCUT2D eigenvalue weighted by molar-refractivity contribution is 6.31. The monoisotopic (exact) mass is 430 g/mol. The van der Waals surface area contributed by atoms with Gasteiger partial charge in [0.1, 0.15) is 18.1 Å². The van der Waals surface area contributed by atoms with Gasteiger partial charge in [0.25, 0.3) is 0 Å². The molecule has 3 rings (SSSR count). The third kappa shape index (κ3) is 5.67. The van der Waals surface area contributed by atoms with E-state index in [4.69, 9.17) is 16.3 Å². The number of hydrogen-bond acceptors (Lipinski definition) is 6. The van der Waals surface area contributed by atoms with Gasteiger partial charge in [0, 0.05) is 56.3 Å². The first-order valence-electron chi connectivity index (χ1n) is 10.1. The van der Waals surface area contributed by atoms with E-state index in [1.807, 2.05) is 30.2 Å². The number of aromatic nitrogens is 4. The molecule has 8 nitrogen and oxygen atoms in total. The summed E-state index contributed by atoms with van der Waals surface area (Å²) >= 11 is 6.08. The van der Waals surface area contributed by atoms with E-state index in [2.05, 4.69) is 25.3 Å². The van der Waals surface area contributed by atoms with E-state index >= 15 is 0 Å². The fourth-order valence-electron chi connectivity index (χ4n) is 3.24. The standard InChI is InChI=1S/C21H27ClN6O2/c1-3-28(19(29)14-30-2)10-6-4-5-8-23-18-7-9-24-21(27-18)17-13-26-20-16(17)11-15(22)12-25-20/h7,9,11-13H,3-6,8,10,14H2,1-2H3,(H,25,26)(H,23,24,27). The molecule has 3 heterocycles. The maximum atomic E-state index is 11.9. The topological polar surface area (TPSA) is 96.0 Å². The van der Waals surface area contributed by atoms with Gasteiger partial charge in [-0.15, -0.1) is 0 Å². The Labute approximate surface area is 181 Å². The van der Waals surface area contributed by atoms with Gasteiger partial charge in [-0.25, -0.2) is 15.0 Å². The fourth-order valence-corrected chi connectivity index (χ4v) is 3.40. The minimum atomic E-state index is 0.0420. The van der Waals surface area contributed by atoms with Crippen LogP contribution in [0.3, 0.4) is 0 Å². The normalized spacial score (nSPS) is 11.0. The number of methoxy groups -OCH3 is 1. The highest BCUT2D eigenvalue weighted by atomic mass is 35.5. The zero-order chi connectivity index (χ0) is 21.3. The summed E-state index contributed by atoms with van der Waals surface area (Å²) in [6.07, 6.45) is 8.16. The van der Waals surface area contributed by atoms with Gasteiger partial charge in [-0.05, 0) is 38.3 Å². The smallest absolute Gasteiger partial charge is 0.248 e. The number of pyridine rings is 1. The molecule has 1 amide bonds. The van der Waals surface area contributed by atoms with Crippen LogP contribution in [0.1, 0.15) is 26.2 Å². The van der Waals surface area contributed by atoms with Crippen LogP contribution in [-0.2, 0) is 9.53 Å². The van der Waals surface area contributed by atoms with Crippen molar-refractivity contribution < 1.29 is 9.53 Å². The van der Waals surface area contributed by atoms with Crippen LogP contribution in [0.25, 0.3) is 22.4 Å². The van der Waals surface area contributed by atoms with Gasteiger partial charge in [-0.2, -0.15) is 0 Å². The maximum absolute atomic E-state index is 11.9. The third-order valence-electron chi connectivity index (χ3n) is 4.81. The Morgan fingerprint density at radius 1 is 1.30 bits per heavy atom. The van der Waals surface area contributed by atoms with Crippen molar-refractivity contribution >= 4 is 34.4 Å². The zero-order valence-electron chi connectivity index (χ0n) is 17.3. The number of H-pyrrole nitrogens is 1. The Kier molecular flexibility index (Phi) is 7.98. The van der Waals surface area contributed by atoms with Gasteiger partial charge < -0.3 is 19.9 Å². The maximum Gasteiger partial charge on any atom is 0.248 e. The van der Waals surface area contributed by atoms with Crippen LogP contribution < -0.4 is 5.32 Å². The number of anilines is 1. The van der Waals surface area contributed by atoms with E-state index in [-0.39, 0.29) is 12.5 Å². The number of nitrogens with one attached hydrogen (secondary N) is 2. The summed E-state index contributed by atoms with van der Waals surface area (Å²) in [6.45, 7) is 4.39. The molecule has 0 fully saturated rings. The first kappa shape index (κ1) is 22.0. The molecule has 0 aliphatic heterocycles. The van der Waals surface area contributed by atoms with E-state index in [1.165, 1.54) is 0 Å². The number of aromatic amines is 1. The van der Waals surface area contributed by atoms with Crippen molar-refractivity contribution in [3.8, 4) is 11.4 Å². The summed E-state index contributed by atoms with van der Waals surface area (Å²) in [5, 5.41) is 4.81. The number of hydrogen-bond donors (Lipinski definition) is 2. The van der Waals surface area contributed by atoms with Gasteiger partial charge >= 0.3 is 0 Å². The molecule has 30 heavy (non-hydrogen) atoms. The predicted octanol–water partition coefficient (Wildman–Crippen LogP) is 3.75. The molecule has 0 saturated carbocycles. The number of carbonyl (C=O) groups is 1. The van der Waals surface area contributed by atoms with Crippen molar-refractivity contribution in [2.45, 2.75) is 26.2 Å². The Morgan fingerprint density at radius 2 is 2.17 bits per heavy atom. The SMILES string of the molecule is CCN(CCCCCNc1ccnc(-c2c[nH]c3ncc(Cl)cc23)n1)C(=O)COC. The van der Waals surface area contributed by atoms with Gasteiger partial charge in [-0.3, -0.25) is 4.79 Å². The molecule has 0 saturated heterocycles. The first-order valence-corrected chi connectivity index (χ1v) is 10.5. The number of unbranched alkanes of at least 4 members (excludes halogenated alkanes) is 2. The number of nitrogens with zero attached hydrogens (tertiary/aromatic N) is 4. The summed E-state index contributed by atoms with van der Waals surface area (Å²) in [5.41, 5.74) is 1.62. The molecule has 160 valence electrons. The van der Waals surface area contributed by atoms with Crippen LogP contribution in [-0.4, -0.2) is 64.1 Å². The van der Waals surface area contributed by atoms with Crippen LogP contribution in [0, 0.1) is 0 Å². The highest BCUT2D eigenvalue weighted by Crippen LogP contribution is 2.27. The Balaban J connectivity index is 1.49. The van der Waals surface area contributed by atoms with Gasteiger partial charge in [0.05, 0.1) is 5.02 Å². The second kappa shape index (κ2) is 10.9. The van der Waals surface area contributed by atoms with Gasteiger partial charge in [0.2, 0.25) is 5.91 Å². The Bertz CT molecular complexity index is 977. The van der Waals surface area contributed by atoms with Gasteiger partial charge in [0.15, 0.2) is 5.82 Å². The molecule has 0 bridgehead atoms. The lowest BCUT2D eigenvalue weighted by atomic mass is 10.2. The molecule has 0 unspecified atom stereocenters. The summed E-state index contributed by atoms with van der Waals surface area (Å²) in [6, 6.07) is 3.71. The van der Waals surface area contributed by atoms with Gasteiger partial charge in [-0.1, -0.05) is 11.6 Å². The molecule has 0 aliphatic rings. The van der Waals surface area contributed by atoms with Crippen LogP contribution in [0.15, 0.2) is 30.7 Å². The van der Waals surface area contributed by atoms with Crippen molar-refractivity contribution in [1.29, 1.82) is 0 Å². The lowest BCUT2D eigenvalue weighted by Crippen LogP contribution is -2.34. The third-order valence-corrected chi connectivity index (χ3v) is 5.01. The van der Waals surface area contributed by atoms with E-state index in [9.17, 15) is 4.79 Å². The van der Waals surface area contributed by atoms with E-state index in [0.717, 1.165) is 54.8 Å². The molecule has 0 aliphatic carbocycles. The lowest BCUT2D eigenvalue weighted by Gasteiger charge is -2.20. The number of likely N-dealkylation sites (N-methyl/N-ethyl adjacent to an activating group) is 1. The molecule has 3 aromatic rings. The van der Waals surface area contributed by atoms with Crippen LogP contribution in [0.5, 0.6) is 0 Å². The summed E-state index contributed by atoms with van der Waals surface area (Å²) in [4.78, 5) is 30.1. The number of carbonyl (C=O) groups excluding carboxylic acids is 1. The number of rotatable bonds is 11. The Morgan fingerprint density at radius 3 is 2.97 bits per heavy atom. The molecule has 0 atom stereocenters. The number of halogens is 1. The van der Waals surface area contributed by atoms with Crippen molar-refractivity contribution in [3.05, 3.63) is 35.7 Å². The number of amides is 1. The van der Waals surface area contributed by atoms with Crippen molar-refractivity contribution in [2.24, 2.45) is 0 Å². The summed E-state index contributed by atoms with van der Waals surface area (Å²) in [7, 11) is 1.54. The molecule has 2 N–H and O–H groups in total. The predicted molar refractivity (Wildman–Crippen MR) is 119 cm³/mol.